The monoisotopic (exact) mass is 352 g/mol. The maximum absolute atomic E-state index is 12.1. The van der Waals surface area contributed by atoms with Crippen LogP contribution in [0, 0.1) is 0 Å². The highest BCUT2D eigenvalue weighted by Gasteiger charge is 2.16. The molecule has 0 bridgehead atoms. The fourth-order valence-corrected chi connectivity index (χ4v) is 1.92. The number of nitrogens with one attached hydrogen (secondary N) is 1. The van der Waals surface area contributed by atoms with Crippen LogP contribution in [0.5, 0.6) is 5.75 Å². The fraction of sp³-hybridized carbons (Fsp3) is 0.357. The molecular weight excluding hydrogens is 336 g/mol. The van der Waals surface area contributed by atoms with E-state index in [4.69, 9.17) is 4.74 Å². The lowest BCUT2D eigenvalue weighted by Crippen LogP contribution is -2.31. The van der Waals surface area contributed by atoms with Crippen molar-refractivity contribution in [3.63, 3.8) is 0 Å². The number of carbonyl (C=O) groups excluding carboxylic acids is 1. The molecule has 21 heavy (non-hydrogen) atoms. The third kappa shape index (κ3) is 4.29. The van der Waals surface area contributed by atoms with E-state index in [1.165, 1.54) is 0 Å². The third-order valence-electron chi connectivity index (χ3n) is 2.91. The highest BCUT2D eigenvalue weighted by molar-refractivity contribution is 9.10. The van der Waals surface area contributed by atoms with Crippen LogP contribution in [0.25, 0.3) is 0 Å². The molecular formula is C14H17BrN4O2. The summed E-state index contributed by atoms with van der Waals surface area (Å²) >= 11 is 3.36. The zero-order chi connectivity index (χ0) is 15.2. The van der Waals surface area contributed by atoms with Gasteiger partial charge in [0, 0.05) is 17.9 Å². The standard InChI is InChI=1S/C14H17BrN4O2/c1-3-12-16-13(18-17-12)14(20)19(2)8-9-21-11-6-4-10(15)5-7-11/h4-7H,3,8-9H2,1-2H3,(H,16,17,18). The van der Waals surface area contributed by atoms with Gasteiger partial charge < -0.3 is 9.64 Å². The molecule has 6 nitrogen and oxygen atoms in total. The van der Waals surface area contributed by atoms with Gasteiger partial charge in [0.05, 0.1) is 6.54 Å². The summed E-state index contributed by atoms with van der Waals surface area (Å²) in [5.41, 5.74) is 0. The highest BCUT2D eigenvalue weighted by Crippen LogP contribution is 2.15. The van der Waals surface area contributed by atoms with Gasteiger partial charge in [-0.2, -0.15) is 0 Å². The van der Waals surface area contributed by atoms with Gasteiger partial charge in [-0.15, -0.1) is 5.10 Å². The molecule has 1 aromatic carbocycles. The van der Waals surface area contributed by atoms with Crippen LogP contribution in [0.3, 0.4) is 0 Å². The van der Waals surface area contributed by atoms with Gasteiger partial charge in [-0.05, 0) is 24.3 Å². The van der Waals surface area contributed by atoms with Crippen molar-refractivity contribution in [2.45, 2.75) is 13.3 Å². The second-order valence-electron chi connectivity index (χ2n) is 4.49. The predicted molar refractivity (Wildman–Crippen MR) is 82.4 cm³/mol. The van der Waals surface area contributed by atoms with E-state index in [0.717, 1.165) is 16.6 Å². The number of hydrogen-bond donors (Lipinski definition) is 1. The Morgan fingerprint density at radius 2 is 2.10 bits per heavy atom. The zero-order valence-electron chi connectivity index (χ0n) is 12.0. The van der Waals surface area contributed by atoms with Crippen molar-refractivity contribution >= 4 is 21.8 Å². The minimum Gasteiger partial charge on any atom is -0.492 e. The molecule has 0 unspecified atom stereocenters. The van der Waals surface area contributed by atoms with Crippen molar-refractivity contribution in [1.82, 2.24) is 20.1 Å². The molecule has 1 heterocycles. The number of ether oxygens (including phenoxy) is 1. The van der Waals surface area contributed by atoms with E-state index in [0.29, 0.717) is 19.0 Å². The summed E-state index contributed by atoms with van der Waals surface area (Å²) in [4.78, 5) is 17.7. The average Bonchev–Trinajstić information content (AvgIpc) is 2.97. The Kier molecular flexibility index (Phi) is 5.32. The van der Waals surface area contributed by atoms with Crippen LogP contribution in [-0.2, 0) is 6.42 Å². The van der Waals surface area contributed by atoms with E-state index in [9.17, 15) is 4.79 Å². The summed E-state index contributed by atoms with van der Waals surface area (Å²) in [5.74, 6) is 1.45. The fourth-order valence-electron chi connectivity index (χ4n) is 1.65. The number of amides is 1. The number of aromatic nitrogens is 3. The molecule has 0 aliphatic rings. The Hall–Kier alpha value is -1.89. The van der Waals surface area contributed by atoms with Crippen molar-refractivity contribution in [3.8, 4) is 5.75 Å². The molecule has 0 spiro atoms. The number of benzene rings is 1. The number of halogens is 1. The van der Waals surface area contributed by atoms with Crippen LogP contribution in [0.4, 0.5) is 0 Å². The van der Waals surface area contributed by atoms with Gasteiger partial charge in [0.25, 0.3) is 5.91 Å². The molecule has 0 fully saturated rings. The molecule has 1 aromatic heterocycles. The molecule has 1 amide bonds. The van der Waals surface area contributed by atoms with E-state index >= 15 is 0 Å². The number of aromatic amines is 1. The van der Waals surface area contributed by atoms with Crippen LogP contribution in [0.15, 0.2) is 28.7 Å². The van der Waals surface area contributed by atoms with Crippen LogP contribution >= 0.6 is 15.9 Å². The van der Waals surface area contributed by atoms with Gasteiger partial charge in [0.2, 0.25) is 5.82 Å². The molecule has 0 saturated carbocycles. The molecule has 2 aromatic rings. The molecule has 1 N–H and O–H groups in total. The smallest absolute Gasteiger partial charge is 0.293 e. The SMILES string of the molecule is CCc1nc(C(=O)N(C)CCOc2ccc(Br)cc2)n[nH]1. The minimum absolute atomic E-state index is 0.193. The molecule has 112 valence electrons. The number of H-pyrrole nitrogens is 1. The van der Waals surface area contributed by atoms with Crippen LogP contribution in [-0.4, -0.2) is 46.2 Å². The largest absolute Gasteiger partial charge is 0.492 e. The van der Waals surface area contributed by atoms with E-state index in [1.54, 1.807) is 11.9 Å². The van der Waals surface area contributed by atoms with Crippen LogP contribution in [0.2, 0.25) is 0 Å². The van der Waals surface area contributed by atoms with Crippen molar-refractivity contribution < 1.29 is 9.53 Å². The number of aryl methyl sites for hydroxylation is 1. The van der Waals surface area contributed by atoms with E-state index in [2.05, 4.69) is 31.1 Å². The highest BCUT2D eigenvalue weighted by atomic mass is 79.9. The summed E-state index contributed by atoms with van der Waals surface area (Å²) < 4.78 is 6.58. The number of rotatable bonds is 6. The summed E-state index contributed by atoms with van der Waals surface area (Å²) in [7, 11) is 1.70. The summed E-state index contributed by atoms with van der Waals surface area (Å²) in [6.45, 7) is 2.82. The number of carbonyl (C=O) groups is 1. The van der Waals surface area contributed by atoms with E-state index < -0.39 is 0 Å². The lowest BCUT2D eigenvalue weighted by atomic mass is 10.3. The van der Waals surface area contributed by atoms with Gasteiger partial charge in [0.15, 0.2) is 0 Å². The molecule has 7 heteroatoms. The third-order valence-corrected chi connectivity index (χ3v) is 3.44. The van der Waals surface area contributed by atoms with Crippen molar-refractivity contribution in [2.24, 2.45) is 0 Å². The van der Waals surface area contributed by atoms with Gasteiger partial charge in [-0.3, -0.25) is 9.89 Å². The van der Waals surface area contributed by atoms with Crippen LogP contribution < -0.4 is 4.74 Å². The summed E-state index contributed by atoms with van der Waals surface area (Å²) in [5, 5.41) is 6.64. The Bertz CT molecular complexity index is 597. The zero-order valence-corrected chi connectivity index (χ0v) is 13.6. The minimum atomic E-state index is -0.217. The van der Waals surface area contributed by atoms with Crippen molar-refractivity contribution in [2.75, 3.05) is 20.2 Å². The first-order valence-electron chi connectivity index (χ1n) is 6.65. The first-order chi connectivity index (χ1) is 10.1. The molecule has 0 saturated heterocycles. The number of hydrogen-bond acceptors (Lipinski definition) is 4. The topological polar surface area (TPSA) is 71.1 Å². The molecule has 0 radical (unpaired) electrons. The first kappa shape index (κ1) is 15.5. The van der Waals surface area contributed by atoms with Crippen LogP contribution in [0.1, 0.15) is 23.4 Å². The molecule has 0 aliphatic carbocycles. The van der Waals surface area contributed by atoms with Gasteiger partial charge >= 0.3 is 0 Å². The van der Waals surface area contributed by atoms with Crippen molar-refractivity contribution in [3.05, 3.63) is 40.4 Å². The van der Waals surface area contributed by atoms with Gasteiger partial charge in [0.1, 0.15) is 18.2 Å². The normalized spacial score (nSPS) is 10.4. The molecule has 0 aliphatic heterocycles. The Morgan fingerprint density at radius 3 is 2.71 bits per heavy atom. The lowest BCUT2D eigenvalue weighted by molar-refractivity contribution is 0.0762. The lowest BCUT2D eigenvalue weighted by Gasteiger charge is -2.15. The number of nitrogens with zero attached hydrogens (tertiary/aromatic N) is 3. The quantitative estimate of drug-likeness (QED) is 0.865. The Balaban J connectivity index is 1.82. The van der Waals surface area contributed by atoms with E-state index in [-0.39, 0.29) is 11.7 Å². The van der Waals surface area contributed by atoms with E-state index in [1.807, 2.05) is 31.2 Å². The maximum Gasteiger partial charge on any atom is 0.293 e. The van der Waals surface area contributed by atoms with Gasteiger partial charge in [-0.25, -0.2) is 4.98 Å². The van der Waals surface area contributed by atoms with Crippen molar-refractivity contribution in [1.29, 1.82) is 0 Å². The predicted octanol–water partition coefficient (Wildman–Crippen LogP) is 2.28. The second kappa shape index (κ2) is 7.21. The Labute approximate surface area is 131 Å². The average molecular weight is 353 g/mol. The number of likely N-dealkylation sites (N-methyl/N-ethyl adjacent to an activating group) is 1. The van der Waals surface area contributed by atoms with Gasteiger partial charge in [-0.1, -0.05) is 22.9 Å². The molecule has 0 atom stereocenters. The second-order valence-corrected chi connectivity index (χ2v) is 5.40. The first-order valence-corrected chi connectivity index (χ1v) is 7.44. The maximum atomic E-state index is 12.1. The Morgan fingerprint density at radius 1 is 1.38 bits per heavy atom. The summed E-state index contributed by atoms with van der Waals surface area (Å²) in [6, 6.07) is 7.55. The molecule has 2 rings (SSSR count). The summed E-state index contributed by atoms with van der Waals surface area (Å²) in [6.07, 6.45) is 0.719.